The van der Waals surface area contributed by atoms with Crippen molar-refractivity contribution in [3.63, 3.8) is 0 Å². The molecule has 0 N–H and O–H groups in total. The van der Waals surface area contributed by atoms with Gasteiger partial charge in [-0.25, -0.2) is 0 Å². The second-order valence-electron chi connectivity index (χ2n) is 5.21. The fourth-order valence-corrected chi connectivity index (χ4v) is 3.91. The largest absolute Gasteiger partial charge is 0.495 e. The molecule has 0 aliphatic carbocycles. The van der Waals surface area contributed by atoms with Gasteiger partial charge < -0.3 is 4.74 Å². The highest BCUT2D eigenvalue weighted by Crippen LogP contribution is 2.35. The van der Waals surface area contributed by atoms with Gasteiger partial charge in [0, 0.05) is 10.0 Å². The molecule has 3 rings (SSSR count). The molecule has 0 spiro atoms. The van der Waals surface area contributed by atoms with E-state index in [1.165, 1.54) is 5.01 Å². The average Bonchev–Trinajstić information content (AvgIpc) is 2.83. The highest BCUT2D eigenvalue weighted by molar-refractivity contribution is 9.11. The molecule has 6 heteroatoms. The predicted molar refractivity (Wildman–Crippen MR) is 103 cm³/mol. The molecule has 122 valence electrons. The van der Waals surface area contributed by atoms with Gasteiger partial charge in [0.1, 0.15) is 5.75 Å². The third kappa shape index (κ3) is 3.16. The van der Waals surface area contributed by atoms with Crippen molar-refractivity contribution in [2.75, 3.05) is 12.1 Å². The molecule has 4 nitrogen and oxygen atoms in total. The molecule has 1 amide bonds. The Labute approximate surface area is 157 Å². The van der Waals surface area contributed by atoms with Gasteiger partial charge in [-0.1, -0.05) is 34.1 Å². The zero-order valence-corrected chi connectivity index (χ0v) is 16.3. The van der Waals surface area contributed by atoms with Gasteiger partial charge in [0.25, 0.3) is 5.91 Å². The summed E-state index contributed by atoms with van der Waals surface area (Å²) >= 11 is 6.94. The van der Waals surface area contributed by atoms with Crippen LogP contribution in [-0.4, -0.2) is 18.7 Å². The predicted octanol–water partition coefficient (Wildman–Crippen LogP) is 5.03. The number of hydrogen-bond acceptors (Lipinski definition) is 3. The van der Waals surface area contributed by atoms with Crippen molar-refractivity contribution in [1.29, 1.82) is 0 Å². The van der Waals surface area contributed by atoms with Gasteiger partial charge in [0.05, 0.1) is 28.6 Å². The van der Waals surface area contributed by atoms with E-state index < -0.39 is 0 Å². The summed E-state index contributed by atoms with van der Waals surface area (Å²) in [7, 11) is 1.60. The molecule has 0 saturated carbocycles. The van der Waals surface area contributed by atoms with Crippen LogP contribution >= 0.6 is 31.9 Å². The summed E-state index contributed by atoms with van der Waals surface area (Å²) in [6.45, 7) is 1.83. The fourth-order valence-electron chi connectivity index (χ4n) is 2.49. The number of carbonyl (C=O) groups is 1. The maximum atomic E-state index is 12.8. The number of hydrazone groups is 1. The summed E-state index contributed by atoms with van der Waals surface area (Å²) in [5.74, 6) is 0.515. The lowest BCUT2D eigenvalue weighted by atomic mass is 10.1. The second kappa shape index (κ2) is 6.91. The van der Waals surface area contributed by atoms with Crippen molar-refractivity contribution in [3.05, 3.63) is 62.5 Å². The Morgan fingerprint density at radius 1 is 1.17 bits per heavy atom. The van der Waals surface area contributed by atoms with Crippen LogP contribution in [0.3, 0.4) is 0 Å². The van der Waals surface area contributed by atoms with E-state index in [4.69, 9.17) is 4.74 Å². The fraction of sp³-hybridized carbons (Fsp3) is 0.111. The van der Waals surface area contributed by atoms with Gasteiger partial charge >= 0.3 is 0 Å². The number of rotatable bonds is 3. The van der Waals surface area contributed by atoms with E-state index in [0.717, 1.165) is 20.2 Å². The number of halogens is 2. The maximum Gasteiger partial charge on any atom is 0.280 e. The van der Waals surface area contributed by atoms with Crippen LogP contribution in [0.5, 0.6) is 5.75 Å². The smallest absolute Gasteiger partial charge is 0.280 e. The average molecular weight is 450 g/mol. The number of anilines is 1. The first-order chi connectivity index (χ1) is 11.5. The first-order valence-electron chi connectivity index (χ1n) is 7.21. The normalized spacial score (nSPS) is 15.8. The van der Waals surface area contributed by atoms with Crippen molar-refractivity contribution >= 4 is 55.2 Å². The van der Waals surface area contributed by atoms with E-state index in [9.17, 15) is 4.79 Å². The summed E-state index contributed by atoms with van der Waals surface area (Å²) in [4.78, 5) is 12.8. The zero-order valence-electron chi connectivity index (χ0n) is 13.1. The van der Waals surface area contributed by atoms with Crippen LogP contribution in [0.4, 0.5) is 5.69 Å². The number of nitrogens with zero attached hydrogens (tertiary/aromatic N) is 2. The van der Waals surface area contributed by atoms with Crippen LogP contribution in [0.25, 0.3) is 6.08 Å². The third-order valence-electron chi connectivity index (χ3n) is 3.60. The lowest BCUT2D eigenvalue weighted by Gasteiger charge is -2.12. The van der Waals surface area contributed by atoms with E-state index in [2.05, 4.69) is 37.0 Å². The molecule has 0 aromatic heterocycles. The van der Waals surface area contributed by atoms with Gasteiger partial charge in [0.15, 0.2) is 0 Å². The Balaban J connectivity index is 2.04. The summed E-state index contributed by atoms with van der Waals surface area (Å²) in [5, 5.41) is 5.80. The molecule has 1 aliphatic rings. The number of carbonyl (C=O) groups excluding carboxylic acids is 1. The van der Waals surface area contributed by atoms with Crippen LogP contribution < -0.4 is 9.75 Å². The molecule has 0 fully saturated rings. The van der Waals surface area contributed by atoms with Crippen molar-refractivity contribution in [2.45, 2.75) is 6.92 Å². The summed E-state index contributed by atoms with van der Waals surface area (Å²) in [6, 6.07) is 13.2. The number of amides is 1. The van der Waals surface area contributed by atoms with Gasteiger partial charge in [0.2, 0.25) is 0 Å². The standard InChI is InChI=1S/C18H14Br2N2O2/c1-11-15(9-12-8-13(19)10-16(20)17(12)24-2)18(23)22(21-11)14-6-4-3-5-7-14/h3-10H,1-2H3. The quantitative estimate of drug-likeness (QED) is 0.617. The molecular formula is C18H14Br2N2O2. The van der Waals surface area contributed by atoms with Crippen molar-refractivity contribution in [1.82, 2.24) is 0 Å². The minimum Gasteiger partial charge on any atom is -0.495 e. The van der Waals surface area contributed by atoms with E-state index in [1.54, 1.807) is 13.2 Å². The Bertz CT molecular complexity index is 861. The Kier molecular flexibility index (Phi) is 4.87. The SMILES string of the molecule is COc1c(Br)cc(Br)cc1C=C1C(=O)N(c2ccccc2)N=C1C. The number of ether oxygens (including phenoxy) is 1. The highest BCUT2D eigenvalue weighted by Gasteiger charge is 2.29. The lowest BCUT2D eigenvalue weighted by molar-refractivity contribution is -0.114. The van der Waals surface area contributed by atoms with E-state index in [1.807, 2.05) is 49.4 Å². The molecule has 0 atom stereocenters. The summed E-state index contributed by atoms with van der Waals surface area (Å²) < 4.78 is 7.15. The molecule has 2 aromatic carbocycles. The molecule has 0 unspecified atom stereocenters. The van der Waals surface area contributed by atoms with Crippen molar-refractivity contribution in [3.8, 4) is 5.75 Å². The van der Waals surface area contributed by atoms with E-state index in [-0.39, 0.29) is 5.91 Å². The van der Waals surface area contributed by atoms with Gasteiger partial charge in [-0.15, -0.1) is 0 Å². The second-order valence-corrected chi connectivity index (χ2v) is 6.98. The number of methoxy groups -OCH3 is 1. The third-order valence-corrected chi connectivity index (χ3v) is 4.65. The molecule has 1 aliphatic heterocycles. The monoisotopic (exact) mass is 448 g/mol. The van der Waals surface area contributed by atoms with Crippen LogP contribution in [-0.2, 0) is 4.79 Å². The minimum absolute atomic E-state index is 0.156. The van der Waals surface area contributed by atoms with Crippen LogP contribution in [0.1, 0.15) is 12.5 Å². The lowest BCUT2D eigenvalue weighted by Crippen LogP contribution is -2.21. The minimum atomic E-state index is -0.156. The Morgan fingerprint density at radius 3 is 2.54 bits per heavy atom. The molecule has 1 heterocycles. The molecule has 0 saturated heterocycles. The molecule has 24 heavy (non-hydrogen) atoms. The van der Waals surface area contributed by atoms with Crippen LogP contribution in [0.15, 0.2) is 62.1 Å². The number of benzene rings is 2. The Morgan fingerprint density at radius 2 is 1.88 bits per heavy atom. The maximum absolute atomic E-state index is 12.8. The highest BCUT2D eigenvalue weighted by atomic mass is 79.9. The molecule has 0 bridgehead atoms. The van der Waals surface area contributed by atoms with Crippen molar-refractivity contribution < 1.29 is 9.53 Å². The zero-order chi connectivity index (χ0) is 17.3. The first-order valence-corrected chi connectivity index (χ1v) is 8.79. The van der Waals surface area contributed by atoms with Crippen LogP contribution in [0.2, 0.25) is 0 Å². The molecule has 2 aromatic rings. The summed E-state index contributed by atoms with van der Waals surface area (Å²) in [6.07, 6.45) is 1.80. The number of hydrogen-bond donors (Lipinski definition) is 0. The number of para-hydroxylation sites is 1. The van der Waals surface area contributed by atoms with Gasteiger partial charge in [-0.05, 0) is 53.2 Å². The molecule has 0 radical (unpaired) electrons. The van der Waals surface area contributed by atoms with E-state index in [0.29, 0.717) is 17.0 Å². The molecular weight excluding hydrogens is 436 g/mol. The van der Waals surface area contributed by atoms with E-state index >= 15 is 0 Å². The first kappa shape index (κ1) is 16.9. The van der Waals surface area contributed by atoms with Crippen LogP contribution in [0, 0.1) is 0 Å². The van der Waals surface area contributed by atoms with Gasteiger partial charge in [-0.2, -0.15) is 10.1 Å². The van der Waals surface area contributed by atoms with Crippen molar-refractivity contribution in [2.24, 2.45) is 5.10 Å². The Hall–Kier alpha value is -1.92. The summed E-state index contributed by atoms with van der Waals surface area (Å²) in [5.41, 5.74) is 2.75. The topological polar surface area (TPSA) is 41.9 Å². The van der Waals surface area contributed by atoms with Gasteiger partial charge in [-0.3, -0.25) is 4.79 Å².